The number of ketones is 1. The maximum atomic E-state index is 14.2. The van der Waals surface area contributed by atoms with Gasteiger partial charge in [-0.05, 0) is 146 Å². The lowest BCUT2D eigenvalue weighted by Crippen LogP contribution is -2.30. The molecule has 0 aromatic carbocycles. The van der Waals surface area contributed by atoms with E-state index >= 15 is 0 Å². The highest BCUT2D eigenvalue weighted by Crippen LogP contribution is 2.74. The second kappa shape index (κ2) is 7.13. The zero-order valence-electron chi connectivity index (χ0n) is 23.4. The maximum Gasteiger partial charge on any atom is 0.184 e. The van der Waals surface area contributed by atoms with Crippen molar-refractivity contribution in [2.45, 2.75) is 120 Å². The molecule has 2 spiro atoms. The van der Waals surface area contributed by atoms with Crippen LogP contribution in [0.1, 0.15) is 120 Å². The maximum absolute atomic E-state index is 14.2. The molecule has 0 unspecified atom stereocenters. The van der Waals surface area contributed by atoms with Crippen LogP contribution in [0.4, 0.5) is 0 Å². The first-order valence-electron chi connectivity index (χ1n) is 14.8. The molecule has 0 N–H and O–H groups in total. The highest BCUT2D eigenvalue weighted by atomic mass is 16.1. The molecule has 0 radical (unpaired) electrons. The first-order chi connectivity index (χ1) is 15.9. The van der Waals surface area contributed by atoms with E-state index in [0.29, 0.717) is 27.4 Å². The number of Topliss-reactive ketones (excluding diaryl/α,β-unsaturated/α-hetero) is 1. The molecule has 0 saturated heterocycles. The Morgan fingerprint density at radius 1 is 0.676 bits per heavy atom. The van der Waals surface area contributed by atoms with Crippen molar-refractivity contribution in [1.82, 2.24) is 0 Å². The van der Waals surface area contributed by atoms with Crippen LogP contribution in [0.2, 0.25) is 0 Å². The summed E-state index contributed by atoms with van der Waals surface area (Å²) in [6, 6.07) is 0. The summed E-state index contributed by atoms with van der Waals surface area (Å²) >= 11 is 0. The fraction of sp³-hybridized carbons (Fsp3) is 0.848. The predicted molar refractivity (Wildman–Crippen MR) is 141 cm³/mol. The lowest BCUT2D eigenvalue weighted by atomic mass is 9.65. The van der Waals surface area contributed by atoms with Crippen molar-refractivity contribution in [3.05, 3.63) is 22.3 Å². The summed E-state index contributed by atoms with van der Waals surface area (Å²) in [6.07, 6.45) is 13.0. The largest absolute Gasteiger partial charge is 0.289 e. The standard InChI is InChI=1S/C33H50O/c1-19-13-15-32-17-25(19)30(5,6)27(32)11-9-23(32)21(3)29(34)22(4)24-10-12-28-31(7,8)26-18-33(24,28)16-14-20(26)2/h19-20,25-28H,9-18H2,1-8H3/t19-,20-,25-,26-,27+,28+,32-,33-/m1/s1. The lowest BCUT2D eigenvalue weighted by molar-refractivity contribution is -0.112. The highest BCUT2D eigenvalue weighted by molar-refractivity contribution is 6.08. The van der Waals surface area contributed by atoms with Crippen LogP contribution in [0.5, 0.6) is 0 Å². The second-order valence-corrected chi connectivity index (χ2v) is 15.3. The molecule has 8 atom stereocenters. The first kappa shape index (κ1) is 23.5. The van der Waals surface area contributed by atoms with E-state index in [-0.39, 0.29) is 0 Å². The van der Waals surface area contributed by atoms with Gasteiger partial charge in [0.15, 0.2) is 5.78 Å². The molecular formula is C33H50O. The van der Waals surface area contributed by atoms with Gasteiger partial charge in [0.1, 0.15) is 0 Å². The minimum atomic E-state index is 0.336. The Morgan fingerprint density at radius 3 is 1.44 bits per heavy atom. The van der Waals surface area contributed by atoms with E-state index in [1.54, 1.807) is 11.1 Å². The molecule has 0 heterocycles. The van der Waals surface area contributed by atoms with Gasteiger partial charge in [-0.2, -0.15) is 0 Å². The van der Waals surface area contributed by atoms with Crippen molar-refractivity contribution in [1.29, 1.82) is 0 Å². The Bertz CT molecular complexity index is 912. The Morgan fingerprint density at radius 2 is 1.06 bits per heavy atom. The minimum absolute atomic E-state index is 0.336. The van der Waals surface area contributed by atoms with Crippen LogP contribution in [0, 0.1) is 57.2 Å². The Kier molecular flexibility index (Phi) is 4.94. The molecule has 4 bridgehead atoms. The van der Waals surface area contributed by atoms with Crippen molar-refractivity contribution in [2.24, 2.45) is 57.2 Å². The van der Waals surface area contributed by atoms with Crippen molar-refractivity contribution in [3.8, 4) is 0 Å². The number of carbonyl (C=O) groups is 1. The van der Waals surface area contributed by atoms with Gasteiger partial charge in [0, 0.05) is 0 Å². The highest BCUT2D eigenvalue weighted by Gasteiger charge is 2.66. The quantitative estimate of drug-likeness (QED) is 0.374. The number of carbonyl (C=O) groups excluding carboxylic acids is 1. The SMILES string of the molecule is CC(C(=O)C(C)=C1CC[C@H]2C(C)(C)[C@@H]3C[C@]12CC[C@H]3C)=C1CC[C@H]2C(C)(C)[C@@H]3C[C@]12CC[C@H]3C. The summed E-state index contributed by atoms with van der Waals surface area (Å²) in [6.45, 7) is 19.7. The van der Waals surface area contributed by atoms with Crippen LogP contribution < -0.4 is 0 Å². The minimum Gasteiger partial charge on any atom is -0.289 e. The Hall–Kier alpha value is -0.850. The average Bonchev–Trinajstić information content (AvgIpc) is 3.44. The second-order valence-electron chi connectivity index (χ2n) is 15.3. The van der Waals surface area contributed by atoms with Gasteiger partial charge >= 0.3 is 0 Å². The molecule has 1 nitrogen and oxygen atoms in total. The molecule has 0 aliphatic heterocycles. The van der Waals surface area contributed by atoms with Crippen LogP contribution in [0.15, 0.2) is 22.3 Å². The van der Waals surface area contributed by atoms with E-state index in [9.17, 15) is 4.79 Å². The van der Waals surface area contributed by atoms with Gasteiger partial charge in [-0.15, -0.1) is 0 Å². The summed E-state index contributed by atoms with van der Waals surface area (Å²) in [5.41, 5.74) is 7.04. The van der Waals surface area contributed by atoms with Crippen LogP contribution in [0.3, 0.4) is 0 Å². The zero-order chi connectivity index (χ0) is 24.4. The summed E-state index contributed by atoms with van der Waals surface area (Å²) < 4.78 is 0. The Labute approximate surface area is 209 Å². The fourth-order valence-corrected chi connectivity index (χ4v) is 12.3. The normalized spacial score (nSPS) is 50.7. The third-order valence-electron chi connectivity index (χ3n) is 13.8. The third-order valence-corrected chi connectivity index (χ3v) is 13.8. The van der Waals surface area contributed by atoms with E-state index in [4.69, 9.17) is 0 Å². The van der Waals surface area contributed by atoms with Gasteiger partial charge in [-0.1, -0.05) is 52.7 Å². The molecule has 6 fully saturated rings. The summed E-state index contributed by atoms with van der Waals surface area (Å²) in [5.74, 6) is 5.34. The zero-order valence-corrected chi connectivity index (χ0v) is 23.4. The van der Waals surface area contributed by atoms with E-state index in [2.05, 4.69) is 55.4 Å². The summed E-state index contributed by atoms with van der Waals surface area (Å²) in [4.78, 5) is 14.2. The number of rotatable bonds is 2. The smallest absolute Gasteiger partial charge is 0.184 e. The molecule has 6 rings (SSSR count). The fourth-order valence-electron chi connectivity index (χ4n) is 12.3. The van der Waals surface area contributed by atoms with Gasteiger partial charge in [0.2, 0.25) is 0 Å². The molecule has 6 aliphatic rings. The third kappa shape index (κ3) is 2.66. The van der Waals surface area contributed by atoms with Crippen LogP contribution in [0.25, 0.3) is 0 Å². The topological polar surface area (TPSA) is 17.1 Å². The lowest BCUT2D eigenvalue weighted by Gasteiger charge is -2.39. The number of hydrogen-bond donors (Lipinski definition) is 0. The molecule has 0 amide bonds. The van der Waals surface area contributed by atoms with Gasteiger partial charge in [0.05, 0.1) is 0 Å². The van der Waals surface area contributed by atoms with Crippen molar-refractivity contribution < 1.29 is 4.79 Å². The molecular weight excluding hydrogens is 412 g/mol. The molecule has 6 aliphatic carbocycles. The number of hydrogen-bond acceptors (Lipinski definition) is 1. The molecule has 6 saturated carbocycles. The molecule has 188 valence electrons. The number of allylic oxidation sites excluding steroid dienone is 4. The van der Waals surface area contributed by atoms with Crippen LogP contribution in [-0.2, 0) is 4.79 Å². The predicted octanol–water partition coefficient (Wildman–Crippen LogP) is 8.93. The van der Waals surface area contributed by atoms with Crippen LogP contribution in [-0.4, -0.2) is 5.78 Å². The Balaban J connectivity index is 1.38. The monoisotopic (exact) mass is 462 g/mol. The average molecular weight is 463 g/mol. The van der Waals surface area contributed by atoms with E-state index < -0.39 is 0 Å². The number of fused-ring (bicyclic) bond motifs is 2. The summed E-state index contributed by atoms with van der Waals surface area (Å²) in [5, 5.41) is 0. The van der Waals surface area contributed by atoms with Crippen LogP contribution >= 0.6 is 0 Å². The summed E-state index contributed by atoms with van der Waals surface area (Å²) in [7, 11) is 0. The first-order valence-corrected chi connectivity index (χ1v) is 14.8. The van der Waals surface area contributed by atoms with Gasteiger partial charge in [-0.3, -0.25) is 4.79 Å². The van der Waals surface area contributed by atoms with Gasteiger partial charge < -0.3 is 0 Å². The van der Waals surface area contributed by atoms with Gasteiger partial charge in [0.25, 0.3) is 0 Å². The molecule has 1 heteroatoms. The molecule has 34 heavy (non-hydrogen) atoms. The molecule has 0 aromatic heterocycles. The van der Waals surface area contributed by atoms with E-state index in [1.165, 1.54) is 64.2 Å². The molecule has 0 aromatic rings. The van der Waals surface area contributed by atoms with Gasteiger partial charge in [-0.25, -0.2) is 0 Å². The van der Waals surface area contributed by atoms with Crippen molar-refractivity contribution in [2.75, 3.05) is 0 Å². The van der Waals surface area contributed by atoms with E-state index in [0.717, 1.165) is 46.7 Å². The van der Waals surface area contributed by atoms with E-state index in [1.807, 2.05) is 0 Å². The van der Waals surface area contributed by atoms with Crippen molar-refractivity contribution >= 4 is 5.78 Å². The van der Waals surface area contributed by atoms with Crippen molar-refractivity contribution in [3.63, 3.8) is 0 Å².